The molecule has 3 aromatic rings. The predicted molar refractivity (Wildman–Crippen MR) is 113 cm³/mol. The molecular formula is C21H22N4O3S. The Balaban J connectivity index is 1.75. The lowest BCUT2D eigenvalue weighted by atomic mass is 10.1. The van der Waals surface area contributed by atoms with E-state index in [-0.39, 0.29) is 11.6 Å². The molecule has 150 valence electrons. The summed E-state index contributed by atoms with van der Waals surface area (Å²) in [4.78, 5) is 26.5. The predicted octanol–water partition coefficient (Wildman–Crippen LogP) is 4.35. The molecule has 0 aliphatic heterocycles. The summed E-state index contributed by atoms with van der Waals surface area (Å²) in [6.07, 6.45) is 1.72. The third-order valence-corrected chi connectivity index (χ3v) is 5.48. The van der Waals surface area contributed by atoms with E-state index in [0.29, 0.717) is 36.6 Å². The van der Waals surface area contributed by atoms with E-state index < -0.39 is 4.92 Å². The third-order valence-electron chi connectivity index (χ3n) is 4.62. The Kier molecular flexibility index (Phi) is 6.23. The second-order valence-corrected chi connectivity index (χ2v) is 7.72. The average Bonchev–Trinajstić information content (AvgIpc) is 3.29. The normalized spacial score (nSPS) is 10.7. The minimum absolute atomic E-state index is 0.0467. The van der Waals surface area contributed by atoms with Gasteiger partial charge in [0.15, 0.2) is 0 Å². The van der Waals surface area contributed by atoms with Gasteiger partial charge in [0.05, 0.1) is 18.0 Å². The fourth-order valence-corrected chi connectivity index (χ4v) is 3.90. The first-order chi connectivity index (χ1) is 13.9. The number of carbonyl (C=O) groups excluding carboxylic acids is 1. The number of aryl methyl sites for hydroxylation is 1. The Bertz CT molecular complexity index is 1020. The molecule has 0 saturated heterocycles. The molecule has 3 rings (SSSR count). The average molecular weight is 410 g/mol. The monoisotopic (exact) mass is 410 g/mol. The highest BCUT2D eigenvalue weighted by molar-refractivity contribution is 7.09. The minimum atomic E-state index is -0.405. The van der Waals surface area contributed by atoms with Gasteiger partial charge in [0.2, 0.25) is 0 Å². The molecule has 1 aromatic carbocycles. The van der Waals surface area contributed by atoms with E-state index in [4.69, 9.17) is 0 Å². The van der Waals surface area contributed by atoms with Gasteiger partial charge in [-0.25, -0.2) is 0 Å². The Morgan fingerprint density at radius 1 is 1.31 bits per heavy atom. The molecule has 2 heterocycles. The second-order valence-electron chi connectivity index (χ2n) is 6.68. The Hall–Kier alpha value is -3.26. The van der Waals surface area contributed by atoms with Gasteiger partial charge in [0.25, 0.3) is 5.91 Å². The van der Waals surface area contributed by atoms with Crippen LogP contribution in [0.1, 0.15) is 32.2 Å². The summed E-state index contributed by atoms with van der Waals surface area (Å²) in [6.45, 7) is 8.48. The highest BCUT2D eigenvalue weighted by Gasteiger charge is 2.22. The van der Waals surface area contributed by atoms with Crippen LogP contribution in [-0.4, -0.2) is 32.1 Å². The highest BCUT2D eigenvalue weighted by Crippen LogP contribution is 2.23. The fourth-order valence-electron chi connectivity index (χ4n) is 3.18. The van der Waals surface area contributed by atoms with Crippen LogP contribution in [0.25, 0.3) is 0 Å². The highest BCUT2D eigenvalue weighted by atomic mass is 32.1. The number of thiophene rings is 1. The van der Waals surface area contributed by atoms with E-state index in [1.165, 1.54) is 0 Å². The molecule has 0 saturated carbocycles. The van der Waals surface area contributed by atoms with Crippen molar-refractivity contribution in [2.45, 2.75) is 26.9 Å². The van der Waals surface area contributed by atoms with E-state index in [1.54, 1.807) is 53.0 Å². The molecular weight excluding hydrogens is 388 g/mol. The molecule has 7 nitrogen and oxygen atoms in total. The van der Waals surface area contributed by atoms with Crippen LogP contribution < -0.4 is 0 Å². The van der Waals surface area contributed by atoms with E-state index in [2.05, 4.69) is 11.7 Å². The molecule has 0 unspecified atom stereocenters. The van der Waals surface area contributed by atoms with Crippen LogP contribution in [-0.2, 0) is 13.1 Å². The van der Waals surface area contributed by atoms with Crippen molar-refractivity contribution in [1.82, 2.24) is 14.7 Å². The molecule has 0 bridgehead atoms. The summed E-state index contributed by atoms with van der Waals surface area (Å²) in [5, 5.41) is 17.4. The summed E-state index contributed by atoms with van der Waals surface area (Å²) in [5.41, 5.74) is 2.46. The van der Waals surface area contributed by atoms with Crippen LogP contribution in [0.15, 0.2) is 54.4 Å². The van der Waals surface area contributed by atoms with Gasteiger partial charge in [-0.05, 0) is 43.0 Å². The maximum atomic E-state index is 12.9. The smallest absolute Gasteiger partial charge is 0.312 e. The molecule has 0 fully saturated rings. The third kappa shape index (κ3) is 4.60. The first-order valence-corrected chi connectivity index (χ1v) is 9.98. The number of carbonyl (C=O) groups is 1. The van der Waals surface area contributed by atoms with Crippen LogP contribution in [0.2, 0.25) is 0 Å². The van der Waals surface area contributed by atoms with Crippen molar-refractivity contribution in [3.8, 4) is 0 Å². The van der Waals surface area contributed by atoms with Crippen molar-refractivity contribution < 1.29 is 9.72 Å². The first-order valence-electron chi connectivity index (χ1n) is 9.10. The summed E-state index contributed by atoms with van der Waals surface area (Å²) >= 11 is 1.61. The summed E-state index contributed by atoms with van der Waals surface area (Å²) in [5.74, 6) is -0.0633. The van der Waals surface area contributed by atoms with Crippen molar-refractivity contribution in [3.63, 3.8) is 0 Å². The van der Waals surface area contributed by atoms with Crippen molar-refractivity contribution in [3.05, 3.63) is 91.9 Å². The zero-order valence-electron chi connectivity index (χ0n) is 16.4. The number of nitrogens with zero attached hydrogens (tertiary/aromatic N) is 4. The van der Waals surface area contributed by atoms with Crippen molar-refractivity contribution in [2.75, 3.05) is 6.54 Å². The Morgan fingerprint density at radius 2 is 2.03 bits per heavy atom. The molecule has 29 heavy (non-hydrogen) atoms. The van der Waals surface area contributed by atoms with Crippen LogP contribution >= 0.6 is 11.3 Å². The van der Waals surface area contributed by atoms with Gasteiger partial charge < -0.3 is 4.90 Å². The number of benzene rings is 1. The zero-order valence-corrected chi connectivity index (χ0v) is 17.2. The zero-order chi connectivity index (χ0) is 21.0. The fraction of sp³-hybridized carbons (Fsp3) is 0.238. The van der Waals surface area contributed by atoms with Gasteiger partial charge in [-0.2, -0.15) is 5.10 Å². The molecule has 0 aliphatic rings. The van der Waals surface area contributed by atoms with E-state index >= 15 is 0 Å². The number of amides is 1. The maximum Gasteiger partial charge on any atom is 0.312 e. The standard InChI is InChI=1S/C21H22N4O3S/c1-4-11-23(14-19-6-5-12-29-19)21(26)18-9-7-17(8-10-18)13-24-16(3)20(25(27)28)15(2)22-24/h4-10,12H,1,11,13-14H2,2-3H3. The SMILES string of the molecule is C=CCN(Cc1cccs1)C(=O)c1ccc(Cn2nc(C)c([N+](=O)[O-])c2C)cc1. The van der Waals surface area contributed by atoms with Crippen LogP contribution in [0.4, 0.5) is 5.69 Å². The van der Waals surface area contributed by atoms with Crippen LogP contribution in [0.3, 0.4) is 0 Å². The molecule has 0 atom stereocenters. The van der Waals surface area contributed by atoms with Gasteiger partial charge >= 0.3 is 5.69 Å². The number of rotatable bonds is 8. The molecule has 0 N–H and O–H groups in total. The molecule has 0 aliphatic carbocycles. The number of aromatic nitrogens is 2. The van der Waals surface area contributed by atoms with Crippen molar-refractivity contribution in [1.29, 1.82) is 0 Å². The minimum Gasteiger partial charge on any atom is -0.330 e. The summed E-state index contributed by atoms with van der Waals surface area (Å²) in [6, 6.07) is 11.2. The molecule has 0 radical (unpaired) electrons. The largest absolute Gasteiger partial charge is 0.330 e. The lowest BCUT2D eigenvalue weighted by Crippen LogP contribution is -2.30. The van der Waals surface area contributed by atoms with Gasteiger partial charge in [-0.15, -0.1) is 17.9 Å². The van der Waals surface area contributed by atoms with E-state index in [9.17, 15) is 14.9 Å². The second kappa shape index (κ2) is 8.83. The summed E-state index contributed by atoms with van der Waals surface area (Å²) < 4.78 is 1.62. The Labute approximate surface area is 173 Å². The molecule has 0 spiro atoms. The first kappa shape index (κ1) is 20.5. The van der Waals surface area contributed by atoms with Crippen LogP contribution in [0.5, 0.6) is 0 Å². The maximum absolute atomic E-state index is 12.9. The van der Waals surface area contributed by atoms with Crippen molar-refractivity contribution >= 4 is 22.9 Å². The van der Waals surface area contributed by atoms with Gasteiger partial charge in [0, 0.05) is 17.0 Å². The molecule has 2 aromatic heterocycles. The van der Waals surface area contributed by atoms with Gasteiger partial charge in [-0.1, -0.05) is 24.3 Å². The number of hydrogen-bond acceptors (Lipinski definition) is 5. The van der Waals surface area contributed by atoms with Crippen LogP contribution in [0, 0.1) is 24.0 Å². The topological polar surface area (TPSA) is 81.3 Å². The van der Waals surface area contributed by atoms with E-state index in [0.717, 1.165) is 10.4 Å². The van der Waals surface area contributed by atoms with Crippen molar-refractivity contribution in [2.24, 2.45) is 0 Å². The number of hydrogen-bond donors (Lipinski definition) is 0. The molecule has 1 amide bonds. The lowest BCUT2D eigenvalue weighted by molar-refractivity contribution is -0.386. The number of nitro groups is 1. The lowest BCUT2D eigenvalue weighted by Gasteiger charge is -2.20. The summed E-state index contributed by atoms with van der Waals surface area (Å²) in [7, 11) is 0. The van der Waals surface area contributed by atoms with Gasteiger partial charge in [0.1, 0.15) is 11.4 Å². The molecule has 8 heteroatoms. The van der Waals surface area contributed by atoms with Gasteiger partial charge in [-0.3, -0.25) is 19.6 Å². The quantitative estimate of drug-likeness (QED) is 0.314. The van der Waals surface area contributed by atoms with E-state index in [1.807, 2.05) is 29.6 Å². The Morgan fingerprint density at radius 3 is 2.59 bits per heavy atom.